The maximum atomic E-state index is 14.3. The number of carbonyl (C=O) groups is 2. The number of amides is 2. The van der Waals surface area contributed by atoms with Gasteiger partial charge in [0.25, 0.3) is 10.0 Å². The zero-order valence-corrected chi connectivity index (χ0v) is 26.1. The molecule has 0 heterocycles. The van der Waals surface area contributed by atoms with Crippen molar-refractivity contribution in [2.24, 2.45) is 0 Å². The Morgan fingerprint density at radius 3 is 2.26 bits per heavy atom. The van der Waals surface area contributed by atoms with Crippen LogP contribution in [0.25, 0.3) is 0 Å². The topological polar surface area (TPSA) is 86.8 Å². The van der Waals surface area contributed by atoms with E-state index in [0.29, 0.717) is 22.7 Å². The van der Waals surface area contributed by atoms with E-state index in [2.05, 4.69) is 5.32 Å². The van der Waals surface area contributed by atoms with Crippen LogP contribution in [0.1, 0.15) is 62.1 Å². The number of hydrogen-bond donors (Lipinski definition) is 1. The summed E-state index contributed by atoms with van der Waals surface area (Å²) in [5.74, 6) is -0.675. The van der Waals surface area contributed by atoms with Gasteiger partial charge in [0.05, 0.1) is 10.6 Å². The van der Waals surface area contributed by atoms with Crippen molar-refractivity contribution in [1.29, 1.82) is 0 Å². The normalized spacial score (nSPS) is 14.7. The van der Waals surface area contributed by atoms with Gasteiger partial charge in [-0.1, -0.05) is 86.3 Å². The van der Waals surface area contributed by atoms with Crippen LogP contribution in [0.4, 0.5) is 5.69 Å². The molecule has 42 heavy (non-hydrogen) atoms. The number of nitrogens with one attached hydrogen (secondary N) is 1. The van der Waals surface area contributed by atoms with Crippen molar-refractivity contribution >= 4 is 39.1 Å². The predicted octanol–water partition coefficient (Wildman–Crippen LogP) is 6.41. The molecular weight excluding hydrogens is 570 g/mol. The van der Waals surface area contributed by atoms with Crippen molar-refractivity contribution in [3.63, 3.8) is 0 Å². The fraction of sp³-hybridized carbons (Fsp3) is 0.394. The fourth-order valence-corrected chi connectivity index (χ4v) is 7.18. The first kappa shape index (κ1) is 31.6. The van der Waals surface area contributed by atoms with Gasteiger partial charge in [0.1, 0.15) is 12.6 Å². The zero-order valence-electron chi connectivity index (χ0n) is 24.6. The Balaban J connectivity index is 1.74. The molecule has 7 nitrogen and oxygen atoms in total. The maximum Gasteiger partial charge on any atom is 0.264 e. The lowest BCUT2D eigenvalue weighted by Gasteiger charge is -2.35. The molecule has 0 radical (unpaired) electrons. The second-order valence-corrected chi connectivity index (χ2v) is 13.3. The largest absolute Gasteiger partial charge is 0.352 e. The van der Waals surface area contributed by atoms with Crippen molar-refractivity contribution in [2.45, 2.75) is 82.8 Å². The summed E-state index contributed by atoms with van der Waals surface area (Å²) in [5, 5.41) is 3.53. The highest BCUT2D eigenvalue weighted by Crippen LogP contribution is 2.30. The number of halogens is 1. The van der Waals surface area contributed by atoms with Crippen molar-refractivity contribution in [1.82, 2.24) is 10.2 Å². The van der Waals surface area contributed by atoms with Crippen molar-refractivity contribution in [2.75, 3.05) is 10.8 Å². The number of aryl methyl sites for hydroxylation is 2. The Labute approximate surface area is 254 Å². The van der Waals surface area contributed by atoms with Crippen LogP contribution in [-0.4, -0.2) is 43.8 Å². The van der Waals surface area contributed by atoms with E-state index in [-0.39, 0.29) is 23.4 Å². The first-order valence-corrected chi connectivity index (χ1v) is 16.4. The molecule has 1 N–H and O–H groups in total. The van der Waals surface area contributed by atoms with Gasteiger partial charge in [-0.25, -0.2) is 8.42 Å². The molecule has 0 bridgehead atoms. The van der Waals surface area contributed by atoms with Gasteiger partial charge in [0.15, 0.2) is 0 Å². The van der Waals surface area contributed by atoms with Crippen molar-refractivity contribution < 1.29 is 18.0 Å². The van der Waals surface area contributed by atoms with Crippen molar-refractivity contribution in [3.05, 3.63) is 94.5 Å². The minimum atomic E-state index is -4.15. The maximum absolute atomic E-state index is 14.3. The number of anilines is 1. The summed E-state index contributed by atoms with van der Waals surface area (Å²) in [5.41, 5.74) is 2.85. The number of rotatable bonds is 11. The number of sulfonamides is 1. The van der Waals surface area contributed by atoms with Crippen molar-refractivity contribution in [3.8, 4) is 0 Å². The number of nitrogens with zero attached hydrogens (tertiary/aromatic N) is 2. The standard InChI is InChI=1S/C33H40ClN3O4S/c1-4-30(33(39)35-28-15-7-5-8-16-28)36(22-26-14-12-11-13-24(26)2)32(38)23-37(31-21-27(34)20-19-25(31)3)42(40,41)29-17-9-6-10-18-29/h6,9-14,17-21,28,30H,4-5,7-8,15-16,22-23H2,1-3H3,(H,35,39)/t30-/m1/s1. The summed E-state index contributed by atoms with van der Waals surface area (Å²) in [6, 6.07) is 20.0. The lowest BCUT2D eigenvalue weighted by molar-refractivity contribution is -0.140. The van der Waals surface area contributed by atoms with Crippen LogP contribution >= 0.6 is 11.6 Å². The van der Waals surface area contributed by atoms with Crippen LogP contribution in [0.15, 0.2) is 77.7 Å². The Bertz CT molecular complexity index is 1490. The highest BCUT2D eigenvalue weighted by molar-refractivity contribution is 7.92. The van der Waals surface area contributed by atoms with Crippen LogP contribution in [-0.2, 0) is 26.2 Å². The first-order valence-electron chi connectivity index (χ1n) is 14.6. The van der Waals surface area contributed by atoms with Gasteiger partial charge in [0, 0.05) is 17.6 Å². The molecule has 0 saturated heterocycles. The molecule has 1 aliphatic rings. The van der Waals surface area contributed by atoms with Gasteiger partial charge in [-0.05, 0) is 74.1 Å². The summed E-state index contributed by atoms with van der Waals surface area (Å²) in [6.07, 6.45) is 5.53. The third-order valence-corrected chi connectivity index (χ3v) is 10.00. The molecule has 1 atom stereocenters. The average molecular weight is 610 g/mol. The van der Waals surface area contributed by atoms with E-state index < -0.39 is 28.5 Å². The monoisotopic (exact) mass is 609 g/mol. The first-order chi connectivity index (χ1) is 20.1. The predicted molar refractivity (Wildman–Crippen MR) is 168 cm³/mol. The summed E-state index contributed by atoms with van der Waals surface area (Å²) < 4.78 is 29.2. The fourth-order valence-electron chi connectivity index (χ4n) is 5.52. The molecule has 4 rings (SSSR count). The molecule has 0 aromatic heterocycles. The summed E-state index contributed by atoms with van der Waals surface area (Å²) in [7, 11) is -4.15. The van der Waals surface area contributed by atoms with E-state index in [1.54, 1.807) is 43.3 Å². The highest BCUT2D eigenvalue weighted by Gasteiger charge is 2.35. The molecule has 1 saturated carbocycles. The van der Waals surface area contributed by atoms with Gasteiger partial charge in [-0.3, -0.25) is 13.9 Å². The Hall–Kier alpha value is -3.36. The quantitative estimate of drug-likeness (QED) is 0.272. The molecule has 3 aromatic carbocycles. The lowest BCUT2D eigenvalue weighted by atomic mass is 9.95. The third-order valence-electron chi connectivity index (χ3n) is 7.99. The molecular formula is C33H40ClN3O4S. The van der Waals surface area contributed by atoms with E-state index in [0.717, 1.165) is 47.5 Å². The van der Waals surface area contributed by atoms with Crippen LogP contribution in [0.2, 0.25) is 5.02 Å². The molecule has 0 spiro atoms. The smallest absolute Gasteiger partial charge is 0.264 e. The number of benzene rings is 3. The van der Waals surface area contributed by atoms with Crippen LogP contribution < -0.4 is 9.62 Å². The Morgan fingerprint density at radius 2 is 1.60 bits per heavy atom. The number of carbonyl (C=O) groups excluding carboxylic acids is 2. The molecule has 0 unspecified atom stereocenters. The highest BCUT2D eigenvalue weighted by atomic mass is 35.5. The van der Waals surface area contributed by atoms with E-state index in [1.165, 1.54) is 17.0 Å². The molecule has 224 valence electrons. The van der Waals surface area contributed by atoms with Crippen LogP contribution in [0.3, 0.4) is 0 Å². The zero-order chi connectivity index (χ0) is 30.3. The third kappa shape index (κ3) is 7.53. The molecule has 1 fully saturated rings. The second-order valence-electron chi connectivity index (χ2n) is 11.0. The summed E-state index contributed by atoms with van der Waals surface area (Å²) >= 11 is 6.32. The number of hydrogen-bond acceptors (Lipinski definition) is 4. The molecule has 9 heteroatoms. The summed E-state index contributed by atoms with van der Waals surface area (Å²) in [4.78, 5) is 29.6. The van der Waals surface area contributed by atoms with Gasteiger partial charge < -0.3 is 10.2 Å². The minimum absolute atomic E-state index is 0.0599. The summed E-state index contributed by atoms with van der Waals surface area (Å²) in [6.45, 7) is 5.31. The van der Waals surface area contributed by atoms with Gasteiger partial charge >= 0.3 is 0 Å². The molecule has 1 aliphatic carbocycles. The molecule has 3 aromatic rings. The van der Waals surface area contributed by atoms with Crippen LogP contribution in [0.5, 0.6) is 0 Å². The van der Waals surface area contributed by atoms with E-state index >= 15 is 0 Å². The van der Waals surface area contributed by atoms with E-state index in [4.69, 9.17) is 11.6 Å². The SMILES string of the molecule is CC[C@H](C(=O)NC1CCCCC1)N(Cc1ccccc1C)C(=O)CN(c1cc(Cl)ccc1C)S(=O)(=O)c1ccccc1. The van der Waals surface area contributed by atoms with Crippen LogP contribution in [0, 0.1) is 13.8 Å². The minimum Gasteiger partial charge on any atom is -0.352 e. The average Bonchev–Trinajstić information content (AvgIpc) is 2.99. The van der Waals surface area contributed by atoms with Gasteiger partial charge in [0.2, 0.25) is 11.8 Å². The molecule has 0 aliphatic heterocycles. The van der Waals surface area contributed by atoms with Gasteiger partial charge in [-0.2, -0.15) is 0 Å². The Morgan fingerprint density at radius 1 is 0.929 bits per heavy atom. The van der Waals surface area contributed by atoms with E-state index in [9.17, 15) is 18.0 Å². The lowest BCUT2D eigenvalue weighted by Crippen LogP contribution is -2.54. The van der Waals surface area contributed by atoms with E-state index in [1.807, 2.05) is 38.1 Å². The van der Waals surface area contributed by atoms with Gasteiger partial charge in [-0.15, -0.1) is 0 Å². The molecule has 2 amide bonds. The second kappa shape index (κ2) is 14.2. The Kier molecular flexibility index (Phi) is 10.7.